The van der Waals surface area contributed by atoms with Crippen molar-refractivity contribution >= 4 is 12.3 Å². The van der Waals surface area contributed by atoms with Crippen LogP contribution in [0, 0.1) is 0 Å². The minimum Gasteiger partial charge on any atom is -0.463 e. The highest BCUT2D eigenvalue weighted by Gasteiger charge is 2.03. The first-order valence-electron chi connectivity index (χ1n) is 5.54. The van der Waals surface area contributed by atoms with Gasteiger partial charge in [0.1, 0.15) is 6.29 Å². The zero-order chi connectivity index (χ0) is 12.7. The summed E-state index contributed by atoms with van der Waals surface area (Å²) in [5.41, 5.74) is 2.45. The Balaban J connectivity index is 2.77. The number of allylic oxidation sites excluding steroid dienone is 1. The Kier molecular flexibility index (Phi) is 5.14. The molecule has 0 bridgehead atoms. The van der Waals surface area contributed by atoms with Crippen LogP contribution in [0.2, 0.25) is 0 Å². The smallest absolute Gasteiger partial charge is 0.330 e. The number of carbonyl (C=O) groups is 2. The van der Waals surface area contributed by atoms with E-state index in [4.69, 9.17) is 4.74 Å². The van der Waals surface area contributed by atoms with Crippen LogP contribution in [-0.4, -0.2) is 18.9 Å². The van der Waals surface area contributed by atoms with E-state index in [1.165, 1.54) is 6.08 Å². The van der Waals surface area contributed by atoms with Crippen LogP contribution in [0.5, 0.6) is 0 Å². The van der Waals surface area contributed by atoms with Gasteiger partial charge in [0.25, 0.3) is 0 Å². The molecule has 0 saturated carbocycles. The van der Waals surface area contributed by atoms with E-state index in [1.54, 1.807) is 13.0 Å². The van der Waals surface area contributed by atoms with Crippen molar-refractivity contribution < 1.29 is 14.3 Å². The second-order valence-electron chi connectivity index (χ2n) is 3.74. The van der Waals surface area contributed by atoms with E-state index < -0.39 is 0 Å². The summed E-state index contributed by atoms with van der Waals surface area (Å²) in [5.74, 6) is -0.339. The summed E-state index contributed by atoms with van der Waals surface area (Å²) in [6, 6.07) is 7.34. The third-order valence-corrected chi connectivity index (χ3v) is 2.30. The standard InChI is InChI=1S/C14H16O3/c1-3-17-14(16)9-11(2)8-12-6-4-5-7-13(12)10-15/h4-7,9-10H,3,8H2,1-2H3/b11-9+. The number of hydrogen-bond donors (Lipinski definition) is 0. The van der Waals surface area contributed by atoms with Gasteiger partial charge in [-0.1, -0.05) is 29.8 Å². The van der Waals surface area contributed by atoms with E-state index in [0.717, 1.165) is 17.4 Å². The summed E-state index contributed by atoms with van der Waals surface area (Å²) in [4.78, 5) is 22.1. The lowest BCUT2D eigenvalue weighted by Gasteiger charge is -2.04. The molecular weight excluding hydrogens is 216 g/mol. The summed E-state index contributed by atoms with van der Waals surface area (Å²) >= 11 is 0. The van der Waals surface area contributed by atoms with Gasteiger partial charge in [0.15, 0.2) is 0 Å². The first-order chi connectivity index (χ1) is 8.17. The van der Waals surface area contributed by atoms with E-state index in [1.807, 2.05) is 25.1 Å². The van der Waals surface area contributed by atoms with Gasteiger partial charge in [-0.2, -0.15) is 0 Å². The molecule has 0 amide bonds. The first-order valence-corrected chi connectivity index (χ1v) is 5.54. The predicted molar refractivity (Wildman–Crippen MR) is 65.9 cm³/mol. The molecular formula is C14H16O3. The fraction of sp³-hybridized carbons (Fsp3) is 0.286. The Bertz CT molecular complexity index is 433. The summed E-state index contributed by atoms with van der Waals surface area (Å²) in [6.45, 7) is 3.98. The largest absolute Gasteiger partial charge is 0.463 e. The van der Waals surface area contributed by atoms with E-state index in [0.29, 0.717) is 18.6 Å². The van der Waals surface area contributed by atoms with Crippen molar-refractivity contribution in [2.45, 2.75) is 20.3 Å². The monoisotopic (exact) mass is 232 g/mol. The number of hydrogen-bond acceptors (Lipinski definition) is 3. The maximum atomic E-state index is 11.2. The quantitative estimate of drug-likeness (QED) is 0.445. The highest BCUT2D eigenvalue weighted by atomic mass is 16.5. The van der Waals surface area contributed by atoms with Crippen molar-refractivity contribution in [2.75, 3.05) is 6.61 Å². The topological polar surface area (TPSA) is 43.4 Å². The van der Waals surface area contributed by atoms with Gasteiger partial charge in [-0.25, -0.2) is 4.79 Å². The molecule has 0 fully saturated rings. The zero-order valence-corrected chi connectivity index (χ0v) is 10.1. The Morgan fingerprint density at radius 3 is 2.71 bits per heavy atom. The molecule has 0 atom stereocenters. The molecule has 0 heterocycles. The van der Waals surface area contributed by atoms with Crippen LogP contribution >= 0.6 is 0 Å². The molecule has 1 aromatic rings. The van der Waals surface area contributed by atoms with Crippen LogP contribution in [0.25, 0.3) is 0 Å². The summed E-state index contributed by atoms with van der Waals surface area (Å²) in [7, 11) is 0. The molecule has 0 spiro atoms. The van der Waals surface area contributed by atoms with Crippen molar-refractivity contribution in [2.24, 2.45) is 0 Å². The van der Waals surface area contributed by atoms with Crippen molar-refractivity contribution in [1.82, 2.24) is 0 Å². The number of aldehydes is 1. The molecule has 0 unspecified atom stereocenters. The predicted octanol–water partition coefficient (Wildman–Crippen LogP) is 2.55. The number of esters is 1. The van der Waals surface area contributed by atoms with E-state index in [2.05, 4.69) is 0 Å². The minimum atomic E-state index is -0.339. The fourth-order valence-corrected chi connectivity index (χ4v) is 1.55. The van der Waals surface area contributed by atoms with Crippen molar-refractivity contribution in [3.63, 3.8) is 0 Å². The summed E-state index contributed by atoms with van der Waals surface area (Å²) < 4.78 is 4.82. The third kappa shape index (κ3) is 4.23. The molecule has 0 aliphatic heterocycles. The van der Waals surface area contributed by atoms with Gasteiger partial charge in [0, 0.05) is 11.6 Å². The normalized spacial score (nSPS) is 11.1. The van der Waals surface area contributed by atoms with Crippen LogP contribution in [-0.2, 0) is 16.0 Å². The average Bonchev–Trinajstić information content (AvgIpc) is 2.29. The highest BCUT2D eigenvalue weighted by Crippen LogP contribution is 2.12. The Morgan fingerprint density at radius 2 is 2.06 bits per heavy atom. The maximum absolute atomic E-state index is 11.2. The van der Waals surface area contributed by atoms with Gasteiger partial charge >= 0.3 is 5.97 Å². The minimum absolute atomic E-state index is 0.339. The van der Waals surface area contributed by atoms with Gasteiger partial charge in [-0.15, -0.1) is 0 Å². The third-order valence-electron chi connectivity index (χ3n) is 2.30. The van der Waals surface area contributed by atoms with Crippen LogP contribution < -0.4 is 0 Å². The summed E-state index contributed by atoms with van der Waals surface area (Å²) in [5, 5.41) is 0. The molecule has 0 aliphatic rings. The number of ether oxygens (including phenoxy) is 1. The second kappa shape index (κ2) is 6.63. The molecule has 0 aliphatic carbocycles. The van der Waals surface area contributed by atoms with Crippen LogP contribution in [0.3, 0.4) is 0 Å². The molecule has 0 N–H and O–H groups in total. The van der Waals surface area contributed by atoms with Crippen molar-refractivity contribution in [3.8, 4) is 0 Å². The average molecular weight is 232 g/mol. The second-order valence-corrected chi connectivity index (χ2v) is 3.74. The number of rotatable bonds is 5. The SMILES string of the molecule is CCOC(=O)/C=C(\C)Cc1ccccc1C=O. The van der Waals surface area contributed by atoms with Crippen LogP contribution in [0.4, 0.5) is 0 Å². The van der Waals surface area contributed by atoms with Gasteiger partial charge in [-0.3, -0.25) is 4.79 Å². The molecule has 3 heteroatoms. The van der Waals surface area contributed by atoms with Crippen LogP contribution in [0.15, 0.2) is 35.9 Å². The maximum Gasteiger partial charge on any atom is 0.330 e. The summed E-state index contributed by atoms with van der Waals surface area (Å²) in [6.07, 6.45) is 2.87. The van der Waals surface area contributed by atoms with E-state index >= 15 is 0 Å². The lowest BCUT2D eigenvalue weighted by molar-refractivity contribution is -0.137. The molecule has 1 aromatic carbocycles. The van der Waals surface area contributed by atoms with Gasteiger partial charge in [-0.05, 0) is 25.8 Å². The molecule has 17 heavy (non-hydrogen) atoms. The molecule has 0 saturated heterocycles. The Labute approximate surface area is 101 Å². The van der Waals surface area contributed by atoms with Gasteiger partial charge in [0.05, 0.1) is 6.61 Å². The van der Waals surface area contributed by atoms with Gasteiger partial charge < -0.3 is 4.74 Å². The molecule has 1 rings (SSSR count). The van der Waals surface area contributed by atoms with Crippen molar-refractivity contribution in [1.29, 1.82) is 0 Å². The number of benzene rings is 1. The van der Waals surface area contributed by atoms with E-state index in [9.17, 15) is 9.59 Å². The molecule has 0 aromatic heterocycles. The molecule has 0 radical (unpaired) electrons. The van der Waals surface area contributed by atoms with Gasteiger partial charge in [0.2, 0.25) is 0 Å². The number of carbonyl (C=O) groups excluding carboxylic acids is 2. The Hall–Kier alpha value is -1.90. The highest BCUT2D eigenvalue weighted by molar-refractivity contribution is 5.83. The van der Waals surface area contributed by atoms with E-state index in [-0.39, 0.29) is 5.97 Å². The van der Waals surface area contributed by atoms with Crippen LogP contribution in [0.1, 0.15) is 29.8 Å². The molecule has 3 nitrogen and oxygen atoms in total. The fourth-order valence-electron chi connectivity index (χ4n) is 1.55. The Morgan fingerprint density at radius 1 is 1.35 bits per heavy atom. The lowest BCUT2D eigenvalue weighted by Crippen LogP contribution is -2.02. The van der Waals surface area contributed by atoms with Crippen molar-refractivity contribution in [3.05, 3.63) is 47.0 Å². The zero-order valence-electron chi connectivity index (χ0n) is 10.1. The first kappa shape index (κ1) is 13.2. The lowest BCUT2D eigenvalue weighted by atomic mass is 10.0. The molecule has 90 valence electrons.